The lowest BCUT2D eigenvalue weighted by molar-refractivity contribution is 0.259. The van der Waals surface area contributed by atoms with E-state index in [0.717, 1.165) is 25.4 Å². The molecule has 1 aromatic carbocycles. The summed E-state index contributed by atoms with van der Waals surface area (Å²) >= 11 is 0. The van der Waals surface area contributed by atoms with Crippen LogP contribution >= 0.6 is 0 Å². The summed E-state index contributed by atoms with van der Waals surface area (Å²) in [6, 6.07) is 4.44. The summed E-state index contributed by atoms with van der Waals surface area (Å²) in [5.41, 5.74) is 3.89. The Hall–Kier alpha value is -1.06. The Kier molecular flexibility index (Phi) is 6.03. The number of hydrogen-bond acceptors (Lipinski definition) is 3. The van der Waals surface area contributed by atoms with Gasteiger partial charge in [0.05, 0.1) is 0 Å². The van der Waals surface area contributed by atoms with E-state index >= 15 is 0 Å². The molecule has 0 heterocycles. The van der Waals surface area contributed by atoms with Gasteiger partial charge in [0.25, 0.3) is 0 Å². The predicted octanol–water partition coefficient (Wildman–Crippen LogP) is 3.13. The molecule has 0 bridgehead atoms. The number of likely N-dealkylation sites (N-methyl/N-ethyl adjacent to an activating group) is 1. The highest BCUT2D eigenvalue weighted by Gasteiger charge is 2.11. The molecule has 3 nitrogen and oxygen atoms in total. The molecule has 0 radical (unpaired) electrons. The number of nitrogens with zero attached hydrogens (tertiary/aromatic N) is 1. The van der Waals surface area contributed by atoms with Crippen molar-refractivity contribution >= 4 is 0 Å². The molecule has 0 saturated heterocycles. The summed E-state index contributed by atoms with van der Waals surface area (Å²) in [5, 5.41) is 3.52. The second kappa shape index (κ2) is 7.09. The summed E-state index contributed by atoms with van der Waals surface area (Å²) in [4.78, 5) is 2.13. The van der Waals surface area contributed by atoms with Crippen molar-refractivity contribution < 1.29 is 4.74 Å². The zero-order chi connectivity index (χ0) is 15.3. The third kappa shape index (κ3) is 5.93. The van der Waals surface area contributed by atoms with Crippen LogP contribution in [-0.2, 0) is 6.54 Å². The first-order chi connectivity index (χ1) is 9.19. The molecule has 0 spiro atoms. The van der Waals surface area contributed by atoms with Crippen molar-refractivity contribution in [2.24, 2.45) is 0 Å². The highest BCUT2D eigenvalue weighted by Crippen LogP contribution is 2.25. The second-order valence-corrected chi connectivity index (χ2v) is 6.81. The van der Waals surface area contributed by atoms with E-state index in [1.54, 1.807) is 0 Å². The Labute approximate surface area is 124 Å². The third-order valence-electron chi connectivity index (χ3n) is 3.13. The van der Waals surface area contributed by atoms with Crippen molar-refractivity contribution in [3.63, 3.8) is 0 Å². The predicted molar refractivity (Wildman–Crippen MR) is 86.6 cm³/mol. The molecule has 0 aliphatic carbocycles. The fourth-order valence-corrected chi connectivity index (χ4v) is 2.07. The van der Waals surface area contributed by atoms with Crippen molar-refractivity contribution in [1.82, 2.24) is 10.2 Å². The standard InChI is InChI=1S/C17H30N2O/c1-13-10-15(12-18-17(3,4)5)11-14(2)16(13)20-9-8-19(6)7/h10-11,18H,8-9,12H2,1-7H3. The van der Waals surface area contributed by atoms with Gasteiger partial charge in [0.1, 0.15) is 12.4 Å². The van der Waals surface area contributed by atoms with Crippen LogP contribution in [0.3, 0.4) is 0 Å². The van der Waals surface area contributed by atoms with E-state index in [1.807, 2.05) is 0 Å². The Morgan fingerprint density at radius 1 is 1.10 bits per heavy atom. The zero-order valence-electron chi connectivity index (χ0n) is 14.1. The number of nitrogens with one attached hydrogen (secondary N) is 1. The van der Waals surface area contributed by atoms with Crippen LogP contribution in [0, 0.1) is 13.8 Å². The summed E-state index contributed by atoms with van der Waals surface area (Å²) in [6.07, 6.45) is 0. The first-order valence-electron chi connectivity index (χ1n) is 7.32. The van der Waals surface area contributed by atoms with Crippen LogP contribution in [0.1, 0.15) is 37.5 Å². The highest BCUT2D eigenvalue weighted by atomic mass is 16.5. The third-order valence-corrected chi connectivity index (χ3v) is 3.13. The van der Waals surface area contributed by atoms with E-state index in [9.17, 15) is 0 Å². The molecule has 114 valence electrons. The van der Waals surface area contributed by atoms with Gasteiger partial charge in [-0.3, -0.25) is 0 Å². The van der Waals surface area contributed by atoms with Crippen LogP contribution in [0.15, 0.2) is 12.1 Å². The minimum atomic E-state index is 0.142. The average Bonchev–Trinajstić information content (AvgIpc) is 2.29. The van der Waals surface area contributed by atoms with Crippen molar-refractivity contribution in [3.05, 3.63) is 28.8 Å². The van der Waals surface area contributed by atoms with E-state index in [1.165, 1.54) is 16.7 Å². The SMILES string of the molecule is Cc1cc(CNC(C)(C)C)cc(C)c1OCCN(C)C. The fourth-order valence-electron chi connectivity index (χ4n) is 2.07. The maximum Gasteiger partial charge on any atom is 0.125 e. The molecule has 0 unspecified atom stereocenters. The van der Waals surface area contributed by atoms with E-state index in [2.05, 4.69) is 71.1 Å². The van der Waals surface area contributed by atoms with Crippen LogP contribution < -0.4 is 10.1 Å². The summed E-state index contributed by atoms with van der Waals surface area (Å²) in [5.74, 6) is 1.03. The monoisotopic (exact) mass is 278 g/mol. The molecule has 0 fully saturated rings. The number of rotatable bonds is 6. The van der Waals surface area contributed by atoms with Gasteiger partial charge in [-0.1, -0.05) is 12.1 Å². The van der Waals surface area contributed by atoms with Crippen molar-refractivity contribution in [3.8, 4) is 5.75 Å². The summed E-state index contributed by atoms with van der Waals surface area (Å²) in [7, 11) is 4.12. The molecular formula is C17H30N2O. The molecule has 1 aromatic rings. The topological polar surface area (TPSA) is 24.5 Å². The van der Waals surface area contributed by atoms with Crippen LogP contribution in [0.4, 0.5) is 0 Å². The molecule has 20 heavy (non-hydrogen) atoms. The van der Waals surface area contributed by atoms with E-state index < -0.39 is 0 Å². The van der Waals surface area contributed by atoms with Gasteiger partial charge >= 0.3 is 0 Å². The molecule has 1 N–H and O–H groups in total. The van der Waals surface area contributed by atoms with Gasteiger partial charge in [0.2, 0.25) is 0 Å². The largest absolute Gasteiger partial charge is 0.492 e. The lowest BCUT2D eigenvalue weighted by atomic mass is 10.0. The second-order valence-electron chi connectivity index (χ2n) is 6.81. The average molecular weight is 278 g/mol. The molecule has 0 aliphatic rings. The van der Waals surface area contributed by atoms with Crippen molar-refractivity contribution in [2.45, 2.75) is 46.7 Å². The zero-order valence-corrected chi connectivity index (χ0v) is 14.1. The van der Waals surface area contributed by atoms with Gasteiger partial charge < -0.3 is 15.0 Å². The van der Waals surface area contributed by atoms with Gasteiger partial charge in [-0.2, -0.15) is 0 Å². The first-order valence-corrected chi connectivity index (χ1v) is 7.32. The van der Waals surface area contributed by atoms with E-state index in [-0.39, 0.29) is 5.54 Å². The van der Waals surface area contributed by atoms with Crippen LogP contribution in [0.2, 0.25) is 0 Å². The summed E-state index contributed by atoms with van der Waals surface area (Å²) in [6.45, 7) is 13.4. The minimum absolute atomic E-state index is 0.142. The molecule has 0 aromatic heterocycles. The van der Waals surface area contributed by atoms with E-state index in [0.29, 0.717) is 0 Å². The van der Waals surface area contributed by atoms with Gasteiger partial charge in [-0.25, -0.2) is 0 Å². The highest BCUT2D eigenvalue weighted by molar-refractivity contribution is 5.43. The first kappa shape index (κ1) is 17.0. The van der Waals surface area contributed by atoms with Crippen LogP contribution in [-0.4, -0.2) is 37.7 Å². The maximum atomic E-state index is 5.92. The number of hydrogen-bond donors (Lipinski definition) is 1. The van der Waals surface area contributed by atoms with Crippen molar-refractivity contribution in [1.29, 1.82) is 0 Å². The molecule has 3 heteroatoms. The Morgan fingerprint density at radius 2 is 1.65 bits per heavy atom. The number of benzene rings is 1. The van der Waals surface area contributed by atoms with Crippen LogP contribution in [0.5, 0.6) is 5.75 Å². The smallest absolute Gasteiger partial charge is 0.125 e. The molecular weight excluding hydrogens is 248 g/mol. The Bertz CT molecular complexity index is 410. The summed E-state index contributed by atoms with van der Waals surface area (Å²) < 4.78 is 5.92. The Balaban J connectivity index is 2.71. The Morgan fingerprint density at radius 3 is 2.10 bits per heavy atom. The molecule has 0 saturated carbocycles. The quantitative estimate of drug-likeness (QED) is 0.865. The van der Waals surface area contributed by atoms with E-state index in [4.69, 9.17) is 4.74 Å². The maximum absolute atomic E-state index is 5.92. The van der Waals surface area contributed by atoms with Gasteiger partial charge in [-0.15, -0.1) is 0 Å². The normalized spacial score (nSPS) is 12.0. The van der Waals surface area contributed by atoms with Crippen molar-refractivity contribution in [2.75, 3.05) is 27.2 Å². The number of ether oxygens (including phenoxy) is 1. The molecule has 0 aliphatic heterocycles. The lowest BCUT2D eigenvalue weighted by Gasteiger charge is -2.21. The van der Waals surface area contributed by atoms with Gasteiger partial charge in [0, 0.05) is 18.6 Å². The van der Waals surface area contributed by atoms with Gasteiger partial charge in [-0.05, 0) is 65.4 Å². The molecule has 1 rings (SSSR count). The van der Waals surface area contributed by atoms with Gasteiger partial charge in [0.15, 0.2) is 0 Å². The molecule has 0 amide bonds. The number of aryl methyl sites for hydroxylation is 2. The molecule has 0 atom stereocenters. The lowest BCUT2D eigenvalue weighted by Crippen LogP contribution is -2.35. The fraction of sp³-hybridized carbons (Fsp3) is 0.647. The van der Waals surface area contributed by atoms with Crippen LogP contribution in [0.25, 0.3) is 0 Å². The minimum Gasteiger partial charge on any atom is -0.492 e.